The Morgan fingerprint density at radius 1 is 0.870 bits per heavy atom. The molecule has 12 heteroatoms. The Morgan fingerprint density at radius 2 is 1.65 bits per heavy atom. The van der Waals surface area contributed by atoms with Crippen LogP contribution in [0.3, 0.4) is 0 Å². The molecule has 9 nitrogen and oxygen atoms in total. The van der Waals surface area contributed by atoms with E-state index in [1.807, 2.05) is 51.1 Å². The molecule has 6 unspecified atom stereocenters. The first kappa shape index (κ1) is 35.0. The second-order valence-electron chi connectivity index (χ2n) is 15.4. The summed E-state index contributed by atoms with van der Waals surface area (Å²) >= 11 is 14.3. The number of allylic oxidation sites excluding steroid dienone is 2. The molecule has 0 spiro atoms. The lowest BCUT2D eigenvalue weighted by atomic mass is 9.51. The lowest BCUT2D eigenvalue weighted by Gasteiger charge is -2.49. The van der Waals surface area contributed by atoms with E-state index < -0.39 is 35.0 Å². The number of aromatic hydroxyl groups is 1. The number of imide groups is 2. The van der Waals surface area contributed by atoms with Crippen molar-refractivity contribution in [1.82, 2.24) is 9.78 Å². The number of halogens is 2. The lowest BCUT2D eigenvalue weighted by molar-refractivity contribution is -0.131. The van der Waals surface area contributed by atoms with Gasteiger partial charge in [-0.2, -0.15) is 5.10 Å². The molecule has 54 heavy (non-hydrogen) atoms. The maximum Gasteiger partial charge on any atom is 0.242 e. The maximum atomic E-state index is 15.1. The topological polar surface area (TPSA) is 113 Å². The first-order valence-electron chi connectivity index (χ1n) is 18.0. The number of hydrogen-bond acceptors (Lipinski definition) is 7. The van der Waals surface area contributed by atoms with Gasteiger partial charge in [0.15, 0.2) is 0 Å². The summed E-state index contributed by atoms with van der Waals surface area (Å²) in [5, 5.41) is 17.4. The van der Waals surface area contributed by atoms with Gasteiger partial charge >= 0.3 is 0 Å². The summed E-state index contributed by atoms with van der Waals surface area (Å²) in [7, 11) is 1.73. The molecule has 0 bridgehead atoms. The van der Waals surface area contributed by atoms with Crippen molar-refractivity contribution in [3.05, 3.63) is 105 Å². The molecule has 1 N–H and O–H groups in total. The standard InChI is InChI=1S/C42H36Cl2N4O5S/c1-19-6-9-24(16-30(19)44)47-38(50)26-11-10-25-28(35(26)40(47)52)17-29-39(51)48(41(53)42(29,4)36(25)22-7-12-32(49)20(2)14-22)34-18-31(45-46(34)5)37-21(3)27-15-23(43)8-13-33(27)54-37/h6-10,12-16,18,26,28-29,35-36,49H,11,17H2,1-5H3. The van der Waals surface area contributed by atoms with Crippen molar-refractivity contribution in [1.29, 1.82) is 0 Å². The molecule has 3 aromatic carbocycles. The van der Waals surface area contributed by atoms with Crippen molar-refractivity contribution in [2.45, 2.75) is 46.5 Å². The highest BCUT2D eigenvalue weighted by Gasteiger charge is 2.68. The van der Waals surface area contributed by atoms with Crippen molar-refractivity contribution in [2.24, 2.45) is 36.1 Å². The third kappa shape index (κ3) is 4.79. The monoisotopic (exact) mass is 778 g/mol. The van der Waals surface area contributed by atoms with Gasteiger partial charge in [0, 0.05) is 33.8 Å². The quantitative estimate of drug-likeness (QED) is 0.144. The molecule has 2 aliphatic heterocycles. The number of nitrogens with zero attached hydrogens (tertiary/aromatic N) is 4. The number of anilines is 2. The largest absolute Gasteiger partial charge is 0.508 e. The van der Waals surface area contributed by atoms with Crippen molar-refractivity contribution in [3.63, 3.8) is 0 Å². The summed E-state index contributed by atoms with van der Waals surface area (Å²) in [6.07, 6.45) is 2.57. The van der Waals surface area contributed by atoms with Crippen LogP contribution in [0.1, 0.15) is 47.9 Å². The van der Waals surface area contributed by atoms with Crippen LogP contribution in [-0.4, -0.2) is 38.5 Å². The molecule has 4 amide bonds. The minimum Gasteiger partial charge on any atom is -0.508 e. The van der Waals surface area contributed by atoms with Gasteiger partial charge in [-0.15, -0.1) is 11.3 Å². The molecule has 5 aromatic rings. The van der Waals surface area contributed by atoms with Gasteiger partial charge < -0.3 is 5.11 Å². The molecule has 2 aliphatic carbocycles. The number of hydrogen-bond donors (Lipinski definition) is 1. The van der Waals surface area contributed by atoms with E-state index in [9.17, 15) is 19.5 Å². The number of rotatable bonds is 4. The zero-order chi connectivity index (χ0) is 38.1. The second-order valence-corrected chi connectivity index (χ2v) is 17.3. The third-order valence-corrected chi connectivity index (χ3v) is 14.4. The SMILES string of the molecule is Cc1cc(C2C3=CCC4C(=O)N(c5ccc(C)c(Cl)c5)C(=O)C4C3CC3C(=O)N(c4cc(-c5sc6ccc(Cl)cc6c5C)nn4C)C(=O)C32C)ccc1O. The second kappa shape index (κ2) is 12.1. The highest BCUT2D eigenvalue weighted by Crippen LogP contribution is 2.64. The van der Waals surface area contributed by atoms with Gasteiger partial charge in [0.1, 0.15) is 17.3 Å². The van der Waals surface area contributed by atoms with Crippen LogP contribution >= 0.6 is 34.5 Å². The van der Waals surface area contributed by atoms with Crippen molar-refractivity contribution in [2.75, 3.05) is 9.80 Å². The molecule has 9 rings (SSSR count). The van der Waals surface area contributed by atoms with Gasteiger partial charge in [-0.1, -0.05) is 53.1 Å². The van der Waals surface area contributed by atoms with Crippen molar-refractivity contribution >= 4 is 79.8 Å². The molecule has 274 valence electrons. The Bertz CT molecular complexity index is 2560. The Labute approximate surface area is 325 Å². The van der Waals surface area contributed by atoms with E-state index in [0.717, 1.165) is 37.2 Å². The zero-order valence-corrected chi connectivity index (χ0v) is 32.5. The number of carbonyl (C=O) groups is 4. The van der Waals surface area contributed by atoms with Gasteiger partial charge in [0.25, 0.3) is 0 Å². The molecule has 4 aliphatic rings. The van der Waals surface area contributed by atoms with Crippen molar-refractivity contribution in [3.8, 4) is 16.3 Å². The summed E-state index contributed by atoms with van der Waals surface area (Å²) in [6.45, 7) is 7.52. The normalized spacial score (nSPS) is 26.4. The fraction of sp³-hybridized carbons (Fsp3) is 0.310. The third-order valence-electron chi connectivity index (χ3n) is 12.5. The number of benzene rings is 3. The predicted octanol–water partition coefficient (Wildman–Crippen LogP) is 8.67. The van der Waals surface area contributed by atoms with Gasteiger partial charge in [-0.25, -0.2) is 9.80 Å². The van der Waals surface area contributed by atoms with Gasteiger partial charge in [-0.3, -0.25) is 23.9 Å². The van der Waals surface area contributed by atoms with E-state index in [0.29, 0.717) is 39.2 Å². The molecule has 2 saturated heterocycles. The van der Waals surface area contributed by atoms with Crippen LogP contribution in [0.5, 0.6) is 5.75 Å². The lowest BCUT2D eigenvalue weighted by Crippen LogP contribution is -2.49. The van der Waals surface area contributed by atoms with Gasteiger partial charge in [0.2, 0.25) is 23.6 Å². The average Bonchev–Trinajstić information content (AvgIpc) is 3.81. The van der Waals surface area contributed by atoms with E-state index in [1.165, 1.54) is 9.80 Å². The van der Waals surface area contributed by atoms with Crippen molar-refractivity contribution < 1.29 is 24.3 Å². The summed E-state index contributed by atoms with van der Waals surface area (Å²) in [5.41, 5.74) is 3.93. The van der Waals surface area contributed by atoms with Crippen LogP contribution in [0, 0.1) is 49.9 Å². The van der Waals surface area contributed by atoms with Gasteiger partial charge in [0.05, 0.1) is 33.7 Å². The highest BCUT2D eigenvalue weighted by molar-refractivity contribution is 7.22. The van der Waals surface area contributed by atoms with E-state index in [2.05, 4.69) is 0 Å². The van der Waals surface area contributed by atoms with Crippen LogP contribution in [0.4, 0.5) is 11.5 Å². The summed E-state index contributed by atoms with van der Waals surface area (Å²) in [6, 6.07) is 18.0. The van der Waals surface area contributed by atoms with E-state index in [1.54, 1.807) is 66.4 Å². The zero-order valence-electron chi connectivity index (χ0n) is 30.2. The first-order valence-corrected chi connectivity index (χ1v) is 19.5. The number of aromatic nitrogens is 2. The smallest absolute Gasteiger partial charge is 0.242 e. The Kier molecular flexibility index (Phi) is 7.85. The molecule has 6 atom stereocenters. The minimum absolute atomic E-state index is 0.117. The number of thiophene rings is 1. The molecule has 2 aromatic heterocycles. The summed E-state index contributed by atoms with van der Waals surface area (Å²) in [4.78, 5) is 61.9. The minimum atomic E-state index is -1.24. The number of phenolic OH excluding ortho intramolecular Hbond substituents is 1. The molecule has 1 saturated carbocycles. The Hall–Kier alpha value is -4.77. The highest BCUT2D eigenvalue weighted by atomic mass is 35.5. The number of phenols is 1. The summed E-state index contributed by atoms with van der Waals surface area (Å²) in [5.74, 6) is -4.06. The van der Waals surface area contributed by atoms with Crippen LogP contribution in [-0.2, 0) is 26.2 Å². The van der Waals surface area contributed by atoms with Crippen LogP contribution < -0.4 is 9.80 Å². The van der Waals surface area contributed by atoms with Gasteiger partial charge in [-0.05, 0) is 110 Å². The molecule has 4 heterocycles. The van der Waals surface area contributed by atoms with E-state index in [4.69, 9.17) is 28.3 Å². The fourth-order valence-electron chi connectivity index (χ4n) is 9.66. The van der Waals surface area contributed by atoms with Crippen LogP contribution in [0.15, 0.2) is 72.3 Å². The predicted molar refractivity (Wildman–Crippen MR) is 210 cm³/mol. The molecular weight excluding hydrogens is 743 g/mol. The number of aryl methyl sites for hydroxylation is 4. The maximum absolute atomic E-state index is 15.1. The van der Waals surface area contributed by atoms with E-state index in [-0.39, 0.29) is 35.8 Å². The Balaban J connectivity index is 1.15. The Morgan fingerprint density at radius 3 is 2.39 bits per heavy atom. The summed E-state index contributed by atoms with van der Waals surface area (Å²) < 4.78 is 2.63. The molecule has 3 fully saturated rings. The van der Waals surface area contributed by atoms with Crippen LogP contribution in [0.2, 0.25) is 10.0 Å². The average molecular weight is 780 g/mol. The number of fused-ring (bicyclic) bond motifs is 5. The fourth-order valence-corrected chi connectivity index (χ4v) is 11.2. The molecule has 0 radical (unpaired) electrons. The number of carbonyl (C=O) groups excluding carboxylic acids is 4. The van der Waals surface area contributed by atoms with Crippen LogP contribution in [0.25, 0.3) is 20.7 Å². The number of amides is 4. The first-order chi connectivity index (χ1) is 25.7. The molecular formula is C42H36Cl2N4O5S. The van der Waals surface area contributed by atoms with E-state index >= 15 is 4.79 Å².